The summed E-state index contributed by atoms with van der Waals surface area (Å²) in [5.41, 5.74) is -0.154. The number of halogens is 3. The van der Waals surface area contributed by atoms with Crippen molar-refractivity contribution in [3.05, 3.63) is 54.1 Å². The number of amides is 3. The number of alkyl halides is 3. The van der Waals surface area contributed by atoms with E-state index in [1.807, 2.05) is 0 Å². The van der Waals surface area contributed by atoms with Crippen molar-refractivity contribution in [2.75, 3.05) is 37.0 Å². The number of benzene rings is 2. The van der Waals surface area contributed by atoms with E-state index in [1.54, 1.807) is 31.4 Å². The van der Waals surface area contributed by atoms with Gasteiger partial charge in [0.15, 0.2) is 0 Å². The molecule has 28 heavy (non-hydrogen) atoms. The van der Waals surface area contributed by atoms with E-state index in [0.29, 0.717) is 24.5 Å². The Kier molecular flexibility index (Phi) is 5.43. The van der Waals surface area contributed by atoms with Gasteiger partial charge < -0.3 is 15.0 Å². The lowest BCUT2D eigenvalue weighted by Crippen LogP contribution is -2.37. The maximum absolute atomic E-state index is 12.8. The van der Waals surface area contributed by atoms with Crippen LogP contribution in [-0.2, 0) is 11.0 Å². The highest BCUT2D eigenvalue weighted by Crippen LogP contribution is 2.30. The molecule has 1 fully saturated rings. The Bertz CT molecular complexity index is 869. The molecule has 2 aromatic rings. The van der Waals surface area contributed by atoms with Crippen LogP contribution in [-0.4, -0.2) is 43.6 Å². The Hall–Kier alpha value is -3.23. The zero-order chi connectivity index (χ0) is 20.3. The molecule has 0 aromatic heterocycles. The van der Waals surface area contributed by atoms with Crippen LogP contribution in [0, 0.1) is 0 Å². The Morgan fingerprint density at radius 3 is 2.50 bits per heavy atom. The molecule has 3 amide bonds. The van der Waals surface area contributed by atoms with Crippen LogP contribution in [0.1, 0.15) is 5.56 Å². The van der Waals surface area contributed by atoms with Crippen molar-refractivity contribution in [2.45, 2.75) is 6.18 Å². The van der Waals surface area contributed by atoms with Gasteiger partial charge in [-0.1, -0.05) is 6.07 Å². The molecule has 0 radical (unpaired) electrons. The molecule has 2 aromatic carbocycles. The van der Waals surface area contributed by atoms with E-state index < -0.39 is 17.6 Å². The summed E-state index contributed by atoms with van der Waals surface area (Å²) in [6.45, 7) is 0.491. The molecule has 0 spiro atoms. The molecule has 1 aliphatic heterocycles. The molecule has 3 rings (SSSR count). The molecule has 0 aliphatic carbocycles. The fourth-order valence-electron chi connectivity index (χ4n) is 2.88. The summed E-state index contributed by atoms with van der Waals surface area (Å²) in [5.74, 6) is 0.0944. The first-order valence-corrected chi connectivity index (χ1v) is 8.45. The number of hydrogen-bond donors (Lipinski definition) is 1. The third-order valence-electron chi connectivity index (χ3n) is 4.29. The van der Waals surface area contributed by atoms with Gasteiger partial charge in [0.25, 0.3) is 0 Å². The highest BCUT2D eigenvalue weighted by Gasteiger charge is 2.32. The first kappa shape index (κ1) is 19.5. The Morgan fingerprint density at radius 2 is 1.86 bits per heavy atom. The molecule has 1 N–H and O–H groups in total. The Morgan fingerprint density at radius 1 is 1.14 bits per heavy atom. The first-order valence-electron chi connectivity index (χ1n) is 8.45. The van der Waals surface area contributed by atoms with Crippen LogP contribution < -0.4 is 15.0 Å². The highest BCUT2D eigenvalue weighted by atomic mass is 19.4. The topological polar surface area (TPSA) is 61.9 Å². The summed E-state index contributed by atoms with van der Waals surface area (Å²) < 4.78 is 43.4. The van der Waals surface area contributed by atoms with Gasteiger partial charge in [0.1, 0.15) is 12.3 Å². The minimum Gasteiger partial charge on any atom is -0.497 e. The van der Waals surface area contributed by atoms with Crippen molar-refractivity contribution in [2.24, 2.45) is 0 Å². The molecule has 6 nitrogen and oxygen atoms in total. The lowest BCUT2D eigenvalue weighted by atomic mass is 10.2. The summed E-state index contributed by atoms with van der Waals surface area (Å²) in [6, 6.07) is 10.9. The average molecular weight is 393 g/mol. The quantitative estimate of drug-likeness (QED) is 0.845. The van der Waals surface area contributed by atoms with Gasteiger partial charge in [0, 0.05) is 24.5 Å². The van der Waals surface area contributed by atoms with E-state index in [9.17, 15) is 22.8 Å². The maximum Gasteiger partial charge on any atom is 0.416 e. The molecular formula is C19H18F3N3O3. The maximum atomic E-state index is 12.8. The number of rotatable bonds is 5. The van der Waals surface area contributed by atoms with Crippen LogP contribution in [0.5, 0.6) is 5.75 Å². The van der Waals surface area contributed by atoms with Crippen LogP contribution in [0.2, 0.25) is 0 Å². The number of urea groups is 1. The van der Waals surface area contributed by atoms with Gasteiger partial charge in [-0.3, -0.25) is 9.69 Å². The van der Waals surface area contributed by atoms with Crippen LogP contribution >= 0.6 is 0 Å². The number of ether oxygens (including phenoxy) is 1. The molecule has 0 unspecified atom stereocenters. The van der Waals surface area contributed by atoms with E-state index in [1.165, 1.54) is 21.9 Å². The van der Waals surface area contributed by atoms with Crippen molar-refractivity contribution in [1.82, 2.24) is 4.90 Å². The number of carbonyl (C=O) groups excluding carboxylic acids is 2. The van der Waals surface area contributed by atoms with Gasteiger partial charge in [0.2, 0.25) is 5.91 Å². The van der Waals surface area contributed by atoms with E-state index in [4.69, 9.17) is 4.74 Å². The van der Waals surface area contributed by atoms with Gasteiger partial charge >= 0.3 is 12.2 Å². The van der Waals surface area contributed by atoms with Crippen molar-refractivity contribution in [3.8, 4) is 5.75 Å². The second kappa shape index (κ2) is 7.79. The summed E-state index contributed by atoms with van der Waals surface area (Å²) in [5, 5.41) is 2.40. The Labute approximate surface area is 159 Å². The van der Waals surface area contributed by atoms with E-state index >= 15 is 0 Å². The largest absolute Gasteiger partial charge is 0.497 e. The van der Waals surface area contributed by atoms with Crippen molar-refractivity contribution < 1.29 is 27.5 Å². The monoisotopic (exact) mass is 393 g/mol. The third-order valence-corrected chi connectivity index (χ3v) is 4.29. The minimum atomic E-state index is -4.50. The number of carbonyl (C=O) groups is 2. The lowest BCUT2D eigenvalue weighted by Gasteiger charge is -2.19. The van der Waals surface area contributed by atoms with E-state index in [-0.39, 0.29) is 18.3 Å². The smallest absolute Gasteiger partial charge is 0.416 e. The first-order chi connectivity index (χ1) is 13.3. The number of methoxy groups -OCH3 is 1. The molecule has 1 saturated heterocycles. The second-order valence-corrected chi connectivity index (χ2v) is 6.18. The molecule has 1 aliphatic rings. The van der Waals surface area contributed by atoms with E-state index in [0.717, 1.165) is 12.1 Å². The molecule has 0 atom stereocenters. The van der Waals surface area contributed by atoms with Crippen LogP contribution in [0.25, 0.3) is 0 Å². The van der Waals surface area contributed by atoms with E-state index in [2.05, 4.69) is 5.32 Å². The molecule has 1 heterocycles. The van der Waals surface area contributed by atoms with Gasteiger partial charge in [0.05, 0.1) is 12.7 Å². The van der Waals surface area contributed by atoms with Crippen LogP contribution in [0.4, 0.5) is 29.3 Å². The number of nitrogens with zero attached hydrogens (tertiary/aromatic N) is 2. The fourth-order valence-corrected chi connectivity index (χ4v) is 2.88. The molecule has 0 saturated carbocycles. The van der Waals surface area contributed by atoms with Crippen molar-refractivity contribution >= 4 is 23.3 Å². The normalized spacial score (nSPS) is 14.4. The SMILES string of the molecule is COc1ccc(N2CCN(CC(=O)Nc3cccc(C(F)(F)F)c3)C2=O)cc1. The summed E-state index contributed by atoms with van der Waals surface area (Å²) in [6.07, 6.45) is -4.50. The highest BCUT2D eigenvalue weighted by molar-refractivity contribution is 5.99. The van der Waals surface area contributed by atoms with Crippen molar-refractivity contribution in [1.29, 1.82) is 0 Å². The standard InChI is InChI=1S/C19H18F3N3O3/c1-28-16-7-5-15(6-8-16)25-10-9-24(18(25)27)12-17(26)23-14-4-2-3-13(11-14)19(20,21)22/h2-8,11H,9-10,12H2,1H3,(H,23,26). The van der Waals surface area contributed by atoms with Crippen LogP contribution in [0.3, 0.4) is 0 Å². The van der Waals surface area contributed by atoms with Gasteiger partial charge in [-0.15, -0.1) is 0 Å². The zero-order valence-electron chi connectivity index (χ0n) is 15.0. The van der Waals surface area contributed by atoms with Crippen molar-refractivity contribution in [3.63, 3.8) is 0 Å². The second-order valence-electron chi connectivity index (χ2n) is 6.18. The molecular weight excluding hydrogens is 375 g/mol. The average Bonchev–Trinajstić information content (AvgIpc) is 3.01. The Balaban J connectivity index is 1.61. The predicted octanol–water partition coefficient (Wildman–Crippen LogP) is 3.59. The van der Waals surface area contributed by atoms with Gasteiger partial charge in [-0.25, -0.2) is 4.79 Å². The number of hydrogen-bond acceptors (Lipinski definition) is 3. The predicted molar refractivity (Wildman–Crippen MR) is 97.4 cm³/mol. The zero-order valence-corrected chi connectivity index (χ0v) is 15.0. The summed E-state index contributed by atoms with van der Waals surface area (Å²) in [4.78, 5) is 27.6. The summed E-state index contributed by atoms with van der Waals surface area (Å²) in [7, 11) is 1.54. The van der Waals surface area contributed by atoms with Crippen LogP contribution in [0.15, 0.2) is 48.5 Å². The fraction of sp³-hybridized carbons (Fsp3) is 0.263. The molecule has 9 heteroatoms. The van der Waals surface area contributed by atoms with Gasteiger partial charge in [-0.05, 0) is 42.5 Å². The van der Waals surface area contributed by atoms with Gasteiger partial charge in [-0.2, -0.15) is 13.2 Å². The molecule has 148 valence electrons. The number of nitrogens with one attached hydrogen (secondary N) is 1. The summed E-state index contributed by atoms with van der Waals surface area (Å²) >= 11 is 0. The molecule has 0 bridgehead atoms. The minimum absolute atomic E-state index is 0.0264. The lowest BCUT2D eigenvalue weighted by molar-refractivity contribution is -0.137. The number of anilines is 2. The third kappa shape index (κ3) is 4.36.